The van der Waals surface area contributed by atoms with Crippen molar-refractivity contribution in [1.82, 2.24) is 5.32 Å². The van der Waals surface area contributed by atoms with Crippen LogP contribution in [0.5, 0.6) is 17.2 Å². The Kier molecular flexibility index (Phi) is 7.43. The average molecular weight is 434 g/mol. The molecule has 170 valence electrons. The number of benzene rings is 1. The van der Waals surface area contributed by atoms with Crippen LogP contribution in [0.4, 0.5) is 0 Å². The number of esters is 2. The Morgan fingerprint density at radius 3 is 2.26 bits per heavy atom. The highest BCUT2D eigenvalue weighted by Gasteiger charge is 2.43. The van der Waals surface area contributed by atoms with Crippen molar-refractivity contribution in [3.05, 3.63) is 23.8 Å². The summed E-state index contributed by atoms with van der Waals surface area (Å²) >= 11 is 0. The molecular weight excluding hydrogens is 402 g/mol. The van der Waals surface area contributed by atoms with Crippen LogP contribution in [0.15, 0.2) is 18.2 Å². The average Bonchev–Trinajstić information content (AvgIpc) is 3.03. The van der Waals surface area contributed by atoms with Crippen LogP contribution >= 0.6 is 0 Å². The van der Waals surface area contributed by atoms with Crippen LogP contribution in [0.1, 0.15) is 38.7 Å². The van der Waals surface area contributed by atoms with E-state index in [1.807, 2.05) is 13.8 Å². The summed E-state index contributed by atoms with van der Waals surface area (Å²) in [5.74, 6) is 0.733. The van der Waals surface area contributed by atoms with E-state index in [0.717, 1.165) is 12.0 Å². The number of hydrogen-bond acceptors (Lipinski definition) is 8. The second-order valence-corrected chi connectivity index (χ2v) is 8.16. The molecule has 2 bridgehead atoms. The summed E-state index contributed by atoms with van der Waals surface area (Å²) in [5.41, 5.74) is 0.718. The van der Waals surface area contributed by atoms with Crippen molar-refractivity contribution < 1.29 is 33.3 Å². The summed E-state index contributed by atoms with van der Waals surface area (Å²) in [6.45, 7) is 3.64. The summed E-state index contributed by atoms with van der Waals surface area (Å²) in [6.07, 6.45) is 4.75. The van der Waals surface area contributed by atoms with Crippen LogP contribution in [-0.2, 0) is 19.1 Å². The smallest absolute Gasteiger partial charge is 0.331 e. The first-order valence-corrected chi connectivity index (χ1v) is 10.5. The Morgan fingerprint density at radius 2 is 1.68 bits per heavy atom. The minimum atomic E-state index is -0.427. The van der Waals surface area contributed by atoms with Crippen LogP contribution in [0, 0.1) is 5.92 Å². The molecule has 0 aromatic heterocycles. The molecule has 2 aliphatic heterocycles. The van der Waals surface area contributed by atoms with Crippen molar-refractivity contribution in [2.75, 3.05) is 21.3 Å². The van der Waals surface area contributed by atoms with Crippen molar-refractivity contribution in [2.24, 2.45) is 5.92 Å². The number of nitrogens with one attached hydrogen (secondary N) is 1. The first kappa shape index (κ1) is 22.9. The monoisotopic (exact) mass is 433 g/mol. The highest BCUT2D eigenvalue weighted by atomic mass is 16.6. The van der Waals surface area contributed by atoms with Gasteiger partial charge in [0, 0.05) is 31.0 Å². The molecule has 2 saturated heterocycles. The van der Waals surface area contributed by atoms with E-state index < -0.39 is 5.97 Å². The predicted molar refractivity (Wildman–Crippen MR) is 114 cm³/mol. The van der Waals surface area contributed by atoms with E-state index in [-0.39, 0.29) is 36.2 Å². The highest BCUT2D eigenvalue weighted by Crippen LogP contribution is 2.38. The summed E-state index contributed by atoms with van der Waals surface area (Å²) in [6, 6.07) is 3.68. The fraction of sp³-hybridized carbons (Fsp3) is 0.565. The van der Waals surface area contributed by atoms with Crippen LogP contribution in [0.3, 0.4) is 0 Å². The number of hydrogen-bond donors (Lipinski definition) is 1. The van der Waals surface area contributed by atoms with Gasteiger partial charge in [-0.3, -0.25) is 4.79 Å². The number of carbonyl (C=O) groups excluding carboxylic acids is 2. The van der Waals surface area contributed by atoms with Crippen LogP contribution < -0.4 is 19.5 Å². The zero-order valence-corrected chi connectivity index (χ0v) is 18.7. The number of ether oxygens (including phenoxy) is 5. The maximum atomic E-state index is 12.4. The number of rotatable bonds is 8. The van der Waals surface area contributed by atoms with Crippen molar-refractivity contribution in [2.45, 2.75) is 57.4 Å². The van der Waals surface area contributed by atoms with Gasteiger partial charge in [0.15, 0.2) is 11.5 Å². The minimum Gasteiger partial charge on any atom is -0.493 e. The van der Waals surface area contributed by atoms with E-state index >= 15 is 0 Å². The largest absolute Gasteiger partial charge is 0.493 e. The molecule has 2 heterocycles. The first-order valence-electron chi connectivity index (χ1n) is 10.5. The van der Waals surface area contributed by atoms with E-state index in [1.54, 1.807) is 18.2 Å². The molecule has 1 N–H and O–H groups in total. The van der Waals surface area contributed by atoms with E-state index in [4.69, 9.17) is 23.7 Å². The molecule has 8 heteroatoms. The standard InChI is InChI=1S/C23H31NO7/c1-13(2)23(26)30-16-10-15-11-18(17(12-16)24-15)31-21(25)7-6-14-8-19(27-3)22(29-5)20(9-14)28-4/h6-9,13,15-18,24H,10-12H2,1-5H3/b7-6+/t15-,16-,17+,18-/m1/s1. The van der Waals surface area contributed by atoms with Gasteiger partial charge in [0.25, 0.3) is 0 Å². The lowest BCUT2D eigenvalue weighted by atomic mass is 10.0. The van der Waals surface area contributed by atoms with Gasteiger partial charge in [0.05, 0.1) is 27.2 Å². The fourth-order valence-corrected chi connectivity index (χ4v) is 4.08. The molecule has 0 aliphatic carbocycles. The predicted octanol–water partition coefficient (Wildman–Crippen LogP) is 2.73. The minimum absolute atomic E-state index is 0.0118. The lowest BCUT2D eigenvalue weighted by Gasteiger charge is -2.29. The van der Waals surface area contributed by atoms with Gasteiger partial charge in [-0.25, -0.2) is 4.79 Å². The Hall–Kier alpha value is -2.74. The molecule has 3 rings (SSSR count). The van der Waals surface area contributed by atoms with Crippen LogP contribution in [0.2, 0.25) is 0 Å². The third-order valence-electron chi connectivity index (χ3n) is 5.60. The second kappa shape index (κ2) is 10.0. The normalized spacial score (nSPS) is 24.8. The third kappa shape index (κ3) is 5.50. The molecule has 2 fully saturated rings. The molecule has 0 spiro atoms. The van der Waals surface area contributed by atoms with E-state index in [0.29, 0.717) is 30.1 Å². The van der Waals surface area contributed by atoms with E-state index in [2.05, 4.69) is 5.32 Å². The Labute approximate surface area is 182 Å². The maximum absolute atomic E-state index is 12.4. The summed E-state index contributed by atoms with van der Waals surface area (Å²) in [7, 11) is 4.61. The Balaban J connectivity index is 1.60. The number of carbonyl (C=O) groups is 2. The molecular formula is C23H31NO7. The molecule has 1 aromatic carbocycles. The lowest BCUT2D eigenvalue weighted by molar-refractivity contribution is -0.155. The number of fused-ring (bicyclic) bond motifs is 2. The van der Waals surface area contributed by atoms with Crippen molar-refractivity contribution >= 4 is 18.0 Å². The van der Waals surface area contributed by atoms with E-state index in [1.165, 1.54) is 27.4 Å². The molecule has 31 heavy (non-hydrogen) atoms. The van der Waals surface area contributed by atoms with Crippen LogP contribution in [-0.4, -0.2) is 57.6 Å². The molecule has 1 aromatic rings. The zero-order chi connectivity index (χ0) is 22.5. The molecule has 0 unspecified atom stereocenters. The highest BCUT2D eigenvalue weighted by molar-refractivity contribution is 5.87. The van der Waals surface area contributed by atoms with Crippen LogP contribution in [0.25, 0.3) is 6.08 Å². The molecule has 2 aliphatic rings. The molecule has 0 amide bonds. The van der Waals surface area contributed by atoms with E-state index in [9.17, 15) is 9.59 Å². The van der Waals surface area contributed by atoms with Gasteiger partial charge in [-0.05, 0) is 30.2 Å². The number of piperidine rings is 1. The molecule has 8 nitrogen and oxygen atoms in total. The molecule has 0 saturated carbocycles. The fourth-order valence-electron chi connectivity index (χ4n) is 4.08. The van der Waals surface area contributed by atoms with Crippen molar-refractivity contribution in [3.8, 4) is 17.2 Å². The maximum Gasteiger partial charge on any atom is 0.331 e. The molecule has 4 atom stereocenters. The topological polar surface area (TPSA) is 92.3 Å². The van der Waals surface area contributed by atoms with Gasteiger partial charge in [-0.2, -0.15) is 0 Å². The van der Waals surface area contributed by atoms with Gasteiger partial charge in [-0.1, -0.05) is 13.8 Å². The third-order valence-corrected chi connectivity index (χ3v) is 5.60. The van der Waals surface area contributed by atoms with Gasteiger partial charge < -0.3 is 29.0 Å². The number of methoxy groups -OCH3 is 3. The van der Waals surface area contributed by atoms with Gasteiger partial charge >= 0.3 is 11.9 Å². The van der Waals surface area contributed by atoms with Gasteiger partial charge in [0.1, 0.15) is 12.2 Å². The lowest BCUT2D eigenvalue weighted by Crippen LogP contribution is -2.45. The van der Waals surface area contributed by atoms with Gasteiger partial charge in [-0.15, -0.1) is 0 Å². The SMILES string of the molecule is COc1cc(/C=C/C(=O)O[C@@H]2C[C@H]3C[C@@H](OC(=O)C(C)C)C[C@@H]2N3)cc(OC)c1OC. The summed E-state index contributed by atoms with van der Waals surface area (Å²) in [4.78, 5) is 24.3. The summed E-state index contributed by atoms with van der Waals surface area (Å²) < 4.78 is 27.3. The summed E-state index contributed by atoms with van der Waals surface area (Å²) in [5, 5.41) is 3.46. The van der Waals surface area contributed by atoms with Crippen molar-refractivity contribution in [1.29, 1.82) is 0 Å². The Morgan fingerprint density at radius 1 is 1.00 bits per heavy atom. The zero-order valence-electron chi connectivity index (χ0n) is 18.7. The Bertz CT molecular complexity index is 810. The van der Waals surface area contributed by atoms with Gasteiger partial charge in [0.2, 0.25) is 5.75 Å². The quantitative estimate of drug-likeness (QED) is 0.494. The first-order chi connectivity index (χ1) is 14.8. The molecule has 0 radical (unpaired) electrons. The van der Waals surface area contributed by atoms with Crippen molar-refractivity contribution in [3.63, 3.8) is 0 Å². The second-order valence-electron chi connectivity index (χ2n) is 8.16.